The zero-order chi connectivity index (χ0) is 14.7. The highest BCUT2D eigenvalue weighted by atomic mass is 35.5. The minimum Gasteiger partial charge on any atom is -0.354 e. The molecule has 3 nitrogen and oxygen atoms in total. The lowest BCUT2D eigenvalue weighted by molar-refractivity contribution is 0.607. The third-order valence-corrected chi connectivity index (χ3v) is 3.55. The van der Waals surface area contributed by atoms with E-state index in [1.165, 1.54) is 6.07 Å². The Kier molecular flexibility index (Phi) is 4.86. The maximum absolute atomic E-state index is 13.9. The maximum atomic E-state index is 13.9. The average molecular weight is 298 g/mol. The second-order valence-electron chi connectivity index (χ2n) is 5.35. The van der Waals surface area contributed by atoms with Crippen LogP contribution in [0.4, 0.5) is 4.39 Å². The quantitative estimate of drug-likeness (QED) is 0.661. The molecule has 0 saturated heterocycles. The van der Waals surface area contributed by atoms with Gasteiger partial charge in [-0.15, -0.1) is 0 Å². The van der Waals surface area contributed by atoms with Crippen molar-refractivity contribution in [3.63, 3.8) is 0 Å². The predicted molar refractivity (Wildman–Crippen MR) is 81.9 cm³/mol. The highest BCUT2D eigenvalue weighted by molar-refractivity contribution is 6.31. The molecule has 0 aliphatic heterocycles. The molecule has 20 heavy (non-hydrogen) atoms. The molecule has 0 heterocycles. The van der Waals surface area contributed by atoms with Gasteiger partial charge in [0.2, 0.25) is 0 Å². The zero-order valence-corrected chi connectivity index (χ0v) is 12.8. The fourth-order valence-electron chi connectivity index (χ4n) is 2.28. The van der Waals surface area contributed by atoms with E-state index in [2.05, 4.69) is 29.5 Å². The van der Waals surface area contributed by atoms with Gasteiger partial charge in [0.05, 0.1) is 0 Å². The van der Waals surface area contributed by atoms with Crippen LogP contribution in [-0.2, 0) is 0 Å². The van der Waals surface area contributed by atoms with Crippen molar-refractivity contribution in [2.45, 2.75) is 45.2 Å². The Hall–Kier alpha value is -1.29. The number of benzene rings is 1. The van der Waals surface area contributed by atoms with Crippen molar-refractivity contribution in [2.75, 3.05) is 6.54 Å². The Bertz CT molecular complexity index is 482. The summed E-state index contributed by atoms with van der Waals surface area (Å²) < 4.78 is 13.9. The number of rotatable bonds is 4. The number of nitrogens with one attached hydrogen (secondary N) is 2. The van der Waals surface area contributed by atoms with Crippen molar-refractivity contribution in [1.82, 2.24) is 10.6 Å². The number of nitrogens with zero attached hydrogens (tertiary/aromatic N) is 1. The van der Waals surface area contributed by atoms with Gasteiger partial charge >= 0.3 is 0 Å². The van der Waals surface area contributed by atoms with Crippen LogP contribution in [0.3, 0.4) is 0 Å². The second-order valence-corrected chi connectivity index (χ2v) is 5.76. The first-order valence-corrected chi connectivity index (χ1v) is 7.42. The molecular weight excluding hydrogens is 277 g/mol. The summed E-state index contributed by atoms with van der Waals surface area (Å²) in [6, 6.07) is 5.34. The van der Waals surface area contributed by atoms with Gasteiger partial charge in [0.15, 0.2) is 5.96 Å². The van der Waals surface area contributed by atoms with E-state index in [0.29, 0.717) is 23.2 Å². The summed E-state index contributed by atoms with van der Waals surface area (Å²) >= 11 is 6.10. The van der Waals surface area contributed by atoms with Crippen LogP contribution in [-0.4, -0.2) is 24.6 Å². The van der Waals surface area contributed by atoms with E-state index in [4.69, 9.17) is 11.6 Å². The Labute approximate surface area is 124 Å². The van der Waals surface area contributed by atoms with Crippen molar-refractivity contribution in [3.8, 4) is 0 Å². The van der Waals surface area contributed by atoms with Gasteiger partial charge in [-0.25, -0.2) is 4.39 Å². The molecule has 2 unspecified atom stereocenters. The monoisotopic (exact) mass is 297 g/mol. The SMILES string of the molecule is CCN=C(NC(C)C)NC1CC1c1c(F)cccc1Cl. The van der Waals surface area contributed by atoms with Crippen LogP contribution >= 0.6 is 11.6 Å². The first kappa shape index (κ1) is 15.1. The molecule has 2 atom stereocenters. The fraction of sp³-hybridized carbons (Fsp3) is 0.533. The minimum absolute atomic E-state index is 0.125. The second kappa shape index (κ2) is 6.44. The Morgan fingerprint density at radius 1 is 1.50 bits per heavy atom. The first-order valence-electron chi connectivity index (χ1n) is 7.04. The highest BCUT2D eigenvalue weighted by Gasteiger charge is 2.41. The number of hydrogen-bond acceptors (Lipinski definition) is 1. The van der Waals surface area contributed by atoms with Gasteiger partial charge in [-0.2, -0.15) is 0 Å². The van der Waals surface area contributed by atoms with Gasteiger partial charge in [-0.1, -0.05) is 17.7 Å². The third kappa shape index (κ3) is 3.63. The lowest BCUT2D eigenvalue weighted by atomic mass is 10.1. The van der Waals surface area contributed by atoms with Crippen molar-refractivity contribution in [3.05, 3.63) is 34.6 Å². The highest BCUT2D eigenvalue weighted by Crippen LogP contribution is 2.44. The largest absolute Gasteiger partial charge is 0.354 e. The molecule has 1 saturated carbocycles. The van der Waals surface area contributed by atoms with Crippen molar-refractivity contribution in [2.24, 2.45) is 4.99 Å². The van der Waals surface area contributed by atoms with Gasteiger partial charge in [0, 0.05) is 35.1 Å². The zero-order valence-electron chi connectivity index (χ0n) is 12.1. The summed E-state index contributed by atoms with van der Waals surface area (Å²) in [6.45, 7) is 6.82. The average Bonchev–Trinajstić information content (AvgIpc) is 3.07. The van der Waals surface area contributed by atoms with Crippen molar-refractivity contribution in [1.29, 1.82) is 0 Å². The molecule has 1 aliphatic rings. The summed E-state index contributed by atoms with van der Waals surface area (Å²) in [7, 11) is 0. The van der Waals surface area contributed by atoms with Crippen LogP contribution in [0.25, 0.3) is 0 Å². The molecule has 1 aromatic rings. The molecule has 110 valence electrons. The smallest absolute Gasteiger partial charge is 0.191 e. The van der Waals surface area contributed by atoms with E-state index < -0.39 is 0 Å². The first-order chi connectivity index (χ1) is 9.52. The molecule has 0 aromatic heterocycles. The van der Waals surface area contributed by atoms with E-state index in [9.17, 15) is 4.39 Å². The minimum atomic E-state index is -0.224. The van der Waals surface area contributed by atoms with Crippen molar-refractivity contribution < 1.29 is 4.39 Å². The van der Waals surface area contributed by atoms with E-state index >= 15 is 0 Å². The van der Waals surface area contributed by atoms with Gasteiger partial charge in [-0.3, -0.25) is 4.99 Å². The Morgan fingerprint density at radius 2 is 2.25 bits per heavy atom. The summed E-state index contributed by atoms with van der Waals surface area (Å²) in [5.41, 5.74) is 0.618. The lowest BCUT2D eigenvalue weighted by Crippen LogP contribution is -2.42. The third-order valence-electron chi connectivity index (χ3n) is 3.22. The van der Waals surface area contributed by atoms with E-state index in [1.54, 1.807) is 12.1 Å². The van der Waals surface area contributed by atoms with Crippen molar-refractivity contribution >= 4 is 17.6 Å². The van der Waals surface area contributed by atoms with Crippen LogP contribution in [0.15, 0.2) is 23.2 Å². The molecule has 2 rings (SSSR count). The number of hydrogen-bond donors (Lipinski definition) is 2. The van der Waals surface area contributed by atoms with Gasteiger partial charge in [0.25, 0.3) is 0 Å². The van der Waals surface area contributed by atoms with Crippen LogP contribution in [0.5, 0.6) is 0 Å². The lowest BCUT2D eigenvalue weighted by Gasteiger charge is -2.15. The molecule has 1 aliphatic carbocycles. The molecular formula is C15H21ClFN3. The standard InChI is InChI=1S/C15H21ClFN3/c1-4-18-15(19-9(2)3)20-13-8-10(13)14-11(16)6-5-7-12(14)17/h5-7,9-10,13H,4,8H2,1-3H3,(H2,18,19,20). The summed E-state index contributed by atoms with van der Waals surface area (Å²) in [4.78, 5) is 4.39. The Balaban J connectivity index is 2.02. The fourth-order valence-corrected chi connectivity index (χ4v) is 2.58. The molecule has 0 amide bonds. The number of halogens is 2. The number of guanidine groups is 1. The van der Waals surface area contributed by atoms with Crippen LogP contribution in [0.2, 0.25) is 5.02 Å². The summed E-state index contributed by atoms with van der Waals surface area (Å²) in [5, 5.41) is 7.11. The molecule has 1 fully saturated rings. The molecule has 2 N–H and O–H groups in total. The number of aliphatic imine (C=N–C) groups is 1. The molecule has 0 spiro atoms. The van der Waals surface area contributed by atoms with Gasteiger partial charge < -0.3 is 10.6 Å². The molecule has 1 aromatic carbocycles. The summed E-state index contributed by atoms with van der Waals surface area (Å²) in [6.07, 6.45) is 0.878. The van der Waals surface area contributed by atoms with Crippen LogP contribution in [0, 0.1) is 5.82 Å². The van der Waals surface area contributed by atoms with Crippen LogP contribution < -0.4 is 10.6 Å². The Morgan fingerprint density at radius 3 is 2.85 bits per heavy atom. The topological polar surface area (TPSA) is 36.4 Å². The van der Waals surface area contributed by atoms with E-state index in [-0.39, 0.29) is 17.8 Å². The normalized spacial score (nSPS) is 22.0. The van der Waals surface area contributed by atoms with Gasteiger partial charge in [-0.05, 0) is 39.3 Å². The van der Waals surface area contributed by atoms with Crippen LogP contribution in [0.1, 0.15) is 38.7 Å². The predicted octanol–water partition coefficient (Wildman–Crippen LogP) is 3.30. The summed E-state index contributed by atoms with van der Waals surface area (Å²) in [5.74, 6) is 0.680. The van der Waals surface area contributed by atoms with E-state index in [1.807, 2.05) is 6.92 Å². The molecule has 5 heteroatoms. The van der Waals surface area contributed by atoms with Gasteiger partial charge in [0.1, 0.15) is 5.82 Å². The molecule has 0 radical (unpaired) electrons. The van der Waals surface area contributed by atoms with E-state index in [0.717, 1.165) is 12.4 Å². The maximum Gasteiger partial charge on any atom is 0.191 e. The molecule has 0 bridgehead atoms.